The fourth-order valence-corrected chi connectivity index (χ4v) is 0.958. The van der Waals surface area contributed by atoms with Crippen molar-refractivity contribution in [3.05, 3.63) is 12.7 Å². The van der Waals surface area contributed by atoms with Gasteiger partial charge in [0, 0.05) is 19.5 Å². The van der Waals surface area contributed by atoms with Crippen LogP contribution in [0.4, 0.5) is 0 Å². The lowest BCUT2D eigenvalue weighted by Crippen LogP contribution is -2.36. The van der Waals surface area contributed by atoms with Gasteiger partial charge in [-0.05, 0) is 12.5 Å². The first-order chi connectivity index (χ1) is 7.97. The molecular weight excluding hydrogens is 226 g/mol. The zero-order chi connectivity index (χ0) is 13.3. The average Bonchev–Trinajstić information content (AvgIpc) is 2.30. The number of nitrogens with two attached hydrogens (primary N) is 1. The maximum Gasteiger partial charge on any atom is 0.320 e. The van der Waals surface area contributed by atoms with E-state index >= 15 is 0 Å². The van der Waals surface area contributed by atoms with E-state index in [4.69, 9.17) is 10.8 Å². The number of hydrogen-bond acceptors (Lipinski definition) is 4. The highest BCUT2D eigenvalue weighted by Crippen LogP contribution is 1.94. The third kappa shape index (κ3) is 7.97. The van der Waals surface area contributed by atoms with Crippen LogP contribution in [0.25, 0.3) is 0 Å². The molecule has 0 aromatic carbocycles. The topological polar surface area (TPSA) is 122 Å². The van der Waals surface area contributed by atoms with Crippen LogP contribution in [0, 0.1) is 0 Å². The fraction of sp³-hybridized carbons (Fsp3) is 0.500. The van der Waals surface area contributed by atoms with E-state index in [-0.39, 0.29) is 31.2 Å². The van der Waals surface area contributed by atoms with Gasteiger partial charge in [0.1, 0.15) is 6.04 Å². The average molecular weight is 243 g/mol. The Morgan fingerprint density at radius 1 is 1.29 bits per heavy atom. The maximum absolute atomic E-state index is 11.2. The summed E-state index contributed by atoms with van der Waals surface area (Å²) in [7, 11) is 0. The van der Waals surface area contributed by atoms with Crippen LogP contribution in [0.15, 0.2) is 12.7 Å². The zero-order valence-electron chi connectivity index (χ0n) is 9.44. The molecule has 0 saturated carbocycles. The van der Waals surface area contributed by atoms with E-state index in [1.165, 1.54) is 0 Å². The summed E-state index contributed by atoms with van der Waals surface area (Å²) < 4.78 is 0. The Hall–Kier alpha value is -1.89. The molecule has 0 heterocycles. The molecule has 0 aliphatic rings. The highest BCUT2D eigenvalue weighted by molar-refractivity contribution is 5.86. The molecule has 0 radical (unpaired) electrons. The molecule has 0 aromatic heterocycles. The highest BCUT2D eigenvalue weighted by Gasteiger charge is 2.12. The van der Waals surface area contributed by atoms with Crippen LogP contribution < -0.4 is 16.4 Å². The minimum absolute atomic E-state index is 0.0445. The lowest BCUT2D eigenvalue weighted by atomic mass is 10.1. The minimum Gasteiger partial charge on any atom is -0.480 e. The Morgan fingerprint density at radius 3 is 2.41 bits per heavy atom. The molecule has 7 heteroatoms. The smallest absolute Gasteiger partial charge is 0.320 e. The van der Waals surface area contributed by atoms with Crippen LogP contribution in [0.5, 0.6) is 0 Å². The normalized spacial score (nSPS) is 11.4. The summed E-state index contributed by atoms with van der Waals surface area (Å²) in [6.07, 6.45) is 1.26. The number of nitrogens with one attached hydrogen (secondary N) is 2. The molecule has 0 spiro atoms. The Labute approximate surface area is 99.1 Å². The molecule has 0 fully saturated rings. The molecule has 0 aliphatic carbocycles. The van der Waals surface area contributed by atoms with Gasteiger partial charge in [-0.3, -0.25) is 14.4 Å². The lowest BCUT2D eigenvalue weighted by molar-refractivity contribution is -0.138. The molecule has 0 aliphatic heterocycles. The van der Waals surface area contributed by atoms with Gasteiger partial charge in [0.05, 0.1) is 0 Å². The summed E-state index contributed by atoms with van der Waals surface area (Å²) in [5.74, 6) is -1.74. The first-order valence-corrected chi connectivity index (χ1v) is 5.12. The summed E-state index contributed by atoms with van der Waals surface area (Å²) in [5, 5.41) is 13.5. The van der Waals surface area contributed by atoms with Crippen molar-refractivity contribution in [3.8, 4) is 0 Å². The van der Waals surface area contributed by atoms with Gasteiger partial charge in [-0.15, -0.1) is 0 Å². The van der Waals surface area contributed by atoms with Crippen LogP contribution in [-0.4, -0.2) is 42.0 Å². The van der Waals surface area contributed by atoms with E-state index in [9.17, 15) is 14.4 Å². The van der Waals surface area contributed by atoms with Gasteiger partial charge in [0.15, 0.2) is 0 Å². The van der Waals surface area contributed by atoms with Crippen LogP contribution in [0.1, 0.15) is 12.8 Å². The van der Waals surface area contributed by atoms with E-state index in [1.807, 2.05) is 0 Å². The third-order valence-electron chi connectivity index (χ3n) is 1.93. The second kappa shape index (κ2) is 8.28. The van der Waals surface area contributed by atoms with Crippen molar-refractivity contribution in [2.45, 2.75) is 18.9 Å². The first-order valence-electron chi connectivity index (χ1n) is 5.12. The predicted octanol–water partition coefficient (Wildman–Crippen LogP) is -1.40. The number of carbonyl (C=O) groups excluding carboxylic acids is 2. The summed E-state index contributed by atoms with van der Waals surface area (Å²) in [6, 6.07) is -1.03. The lowest BCUT2D eigenvalue weighted by Gasteiger charge is -2.07. The van der Waals surface area contributed by atoms with Gasteiger partial charge in [0.2, 0.25) is 11.8 Å². The maximum atomic E-state index is 11.2. The summed E-state index contributed by atoms with van der Waals surface area (Å²) in [6.45, 7) is 3.84. The number of aliphatic carboxylic acids is 1. The SMILES string of the molecule is C=CC(=O)NCCNC(=O)CC[C@H](N)C(=O)O. The van der Waals surface area contributed by atoms with Crippen LogP contribution >= 0.6 is 0 Å². The van der Waals surface area contributed by atoms with Crippen molar-refractivity contribution >= 4 is 17.8 Å². The van der Waals surface area contributed by atoms with Gasteiger partial charge in [-0.2, -0.15) is 0 Å². The molecular formula is C10H17N3O4. The molecule has 0 aromatic rings. The Morgan fingerprint density at radius 2 is 1.88 bits per heavy atom. The molecule has 0 unspecified atom stereocenters. The van der Waals surface area contributed by atoms with Crippen molar-refractivity contribution in [1.82, 2.24) is 10.6 Å². The summed E-state index contributed by atoms with van der Waals surface area (Å²) >= 11 is 0. The van der Waals surface area contributed by atoms with E-state index in [1.54, 1.807) is 0 Å². The van der Waals surface area contributed by atoms with Crippen molar-refractivity contribution in [1.29, 1.82) is 0 Å². The van der Waals surface area contributed by atoms with Crippen molar-refractivity contribution < 1.29 is 19.5 Å². The number of carboxylic acids is 1. The molecule has 0 saturated heterocycles. The Balaban J connectivity index is 3.57. The fourth-order valence-electron chi connectivity index (χ4n) is 0.958. The monoisotopic (exact) mass is 243 g/mol. The van der Waals surface area contributed by atoms with E-state index in [0.29, 0.717) is 6.54 Å². The van der Waals surface area contributed by atoms with Crippen LogP contribution in [-0.2, 0) is 14.4 Å². The zero-order valence-corrected chi connectivity index (χ0v) is 9.44. The van der Waals surface area contributed by atoms with E-state index < -0.39 is 12.0 Å². The minimum atomic E-state index is -1.13. The second-order valence-corrected chi connectivity index (χ2v) is 3.33. The molecule has 1 atom stereocenters. The van der Waals surface area contributed by atoms with Crippen molar-refractivity contribution in [2.24, 2.45) is 5.73 Å². The van der Waals surface area contributed by atoms with Gasteiger partial charge >= 0.3 is 5.97 Å². The number of carbonyl (C=O) groups is 3. The third-order valence-corrected chi connectivity index (χ3v) is 1.93. The molecule has 7 nitrogen and oxygen atoms in total. The van der Waals surface area contributed by atoms with Gasteiger partial charge in [-0.1, -0.05) is 6.58 Å². The van der Waals surface area contributed by atoms with Gasteiger partial charge in [0.25, 0.3) is 0 Å². The second-order valence-electron chi connectivity index (χ2n) is 3.33. The van der Waals surface area contributed by atoms with E-state index in [0.717, 1.165) is 6.08 Å². The van der Waals surface area contributed by atoms with Gasteiger partial charge < -0.3 is 21.5 Å². The highest BCUT2D eigenvalue weighted by atomic mass is 16.4. The standard InChI is InChI=1S/C10H17N3O4/c1-2-8(14)12-5-6-13-9(15)4-3-7(11)10(16)17/h2,7H,1,3-6,11H2,(H,12,14)(H,13,15)(H,16,17)/t7-/m0/s1. The first kappa shape index (κ1) is 15.1. The van der Waals surface area contributed by atoms with Crippen molar-refractivity contribution in [2.75, 3.05) is 13.1 Å². The number of hydrogen-bond donors (Lipinski definition) is 4. The van der Waals surface area contributed by atoms with E-state index in [2.05, 4.69) is 17.2 Å². The molecule has 17 heavy (non-hydrogen) atoms. The van der Waals surface area contributed by atoms with Crippen LogP contribution in [0.2, 0.25) is 0 Å². The molecule has 0 bridgehead atoms. The van der Waals surface area contributed by atoms with Gasteiger partial charge in [-0.25, -0.2) is 0 Å². The Kier molecular flexibility index (Phi) is 7.36. The molecule has 5 N–H and O–H groups in total. The largest absolute Gasteiger partial charge is 0.480 e. The van der Waals surface area contributed by atoms with Crippen LogP contribution in [0.3, 0.4) is 0 Å². The number of amides is 2. The molecule has 0 rings (SSSR count). The number of carboxylic acid groups (broad SMARTS) is 1. The predicted molar refractivity (Wildman–Crippen MR) is 61.1 cm³/mol. The molecule has 96 valence electrons. The van der Waals surface area contributed by atoms with Crippen molar-refractivity contribution in [3.63, 3.8) is 0 Å². The summed E-state index contributed by atoms with van der Waals surface area (Å²) in [4.78, 5) is 32.3. The molecule has 2 amide bonds. The Bertz CT molecular complexity index is 304. The quantitative estimate of drug-likeness (QED) is 0.308. The summed E-state index contributed by atoms with van der Waals surface area (Å²) in [5.41, 5.74) is 5.23. The number of rotatable bonds is 8.